The Balaban J connectivity index is 2.13. The molecule has 3 heteroatoms. The minimum absolute atomic E-state index is 0.157. The largest absolute Gasteiger partial charge is 0.489 e. The van der Waals surface area contributed by atoms with Crippen LogP contribution in [0.15, 0.2) is 18.2 Å². The van der Waals surface area contributed by atoms with Crippen LogP contribution in [-0.4, -0.2) is 19.2 Å². The highest BCUT2D eigenvalue weighted by Crippen LogP contribution is 2.29. The third-order valence-electron chi connectivity index (χ3n) is 3.58. The monoisotopic (exact) mass is 262 g/mol. The van der Waals surface area contributed by atoms with Crippen LogP contribution in [0.5, 0.6) is 5.75 Å². The van der Waals surface area contributed by atoms with Gasteiger partial charge in [-0.05, 0) is 38.8 Å². The molecule has 0 spiro atoms. The Labute approximate surface area is 116 Å². The normalized spacial score (nSPS) is 17.1. The second-order valence-corrected chi connectivity index (χ2v) is 5.64. The number of nitrogen functional groups attached to an aromatic ring is 1. The van der Waals surface area contributed by atoms with Crippen molar-refractivity contribution < 1.29 is 4.74 Å². The van der Waals surface area contributed by atoms with Gasteiger partial charge >= 0.3 is 0 Å². The van der Waals surface area contributed by atoms with Crippen LogP contribution in [0.3, 0.4) is 0 Å². The van der Waals surface area contributed by atoms with Crippen LogP contribution in [0, 0.1) is 0 Å². The van der Waals surface area contributed by atoms with E-state index >= 15 is 0 Å². The van der Waals surface area contributed by atoms with E-state index in [0.29, 0.717) is 0 Å². The average molecular weight is 262 g/mol. The molecule has 0 unspecified atom stereocenters. The summed E-state index contributed by atoms with van der Waals surface area (Å²) in [5.74, 6) is 0.814. The summed E-state index contributed by atoms with van der Waals surface area (Å²) < 4.78 is 5.78. The van der Waals surface area contributed by atoms with E-state index in [1.807, 2.05) is 19.9 Å². The molecule has 3 nitrogen and oxygen atoms in total. The van der Waals surface area contributed by atoms with E-state index in [2.05, 4.69) is 17.0 Å². The number of anilines is 2. The Morgan fingerprint density at radius 3 is 2.32 bits per heavy atom. The van der Waals surface area contributed by atoms with Crippen LogP contribution in [0.4, 0.5) is 11.4 Å². The Bertz CT molecular complexity index is 396. The number of rotatable bonds is 3. The van der Waals surface area contributed by atoms with E-state index in [9.17, 15) is 0 Å². The molecule has 0 bridgehead atoms. The Kier molecular flexibility index (Phi) is 4.94. The molecule has 0 atom stereocenters. The van der Waals surface area contributed by atoms with Crippen LogP contribution in [0.2, 0.25) is 0 Å². The molecule has 1 aromatic rings. The smallest absolute Gasteiger partial charge is 0.144 e. The van der Waals surface area contributed by atoms with Gasteiger partial charge < -0.3 is 15.4 Å². The Hall–Kier alpha value is -1.38. The summed E-state index contributed by atoms with van der Waals surface area (Å²) in [6, 6.07) is 6.17. The molecule has 1 heterocycles. The maximum Gasteiger partial charge on any atom is 0.144 e. The number of hydrogen-bond donors (Lipinski definition) is 1. The van der Waals surface area contributed by atoms with Crippen LogP contribution in [0.25, 0.3) is 0 Å². The molecule has 1 fully saturated rings. The van der Waals surface area contributed by atoms with Gasteiger partial charge in [0, 0.05) is 24.8 Å². The zero-order valence-electron chi connectivity index (χ0n) is 12.2. The van der Waals surface area contributed by atoms with Gasteiger partial charge in [0.05, 0.1) is 11.8 Å². The first-order valence-corrected chi connectivity index (χ1v) is 7.48. The average Bonchev–Trinajstić information content (AvgIpc) is 2.31. The molecule has 1 aliphatic heterocycles. The van der Waals surface area contributed by atoms with Crippen molar-refractivity contribution in [2.75, 3.05) is 23.7 Å². The van der Waals surface area contributed by atoms with Crippen molar-refractivity contribution in [2.24, 2.45) is 0 Å². The maximum atomic E-state index is 5.98. The first-order valence-electron chi connectivity index (χ1n) is 7.48. The molecule has 0 amide bonds. The van der Waals surface area contributed by atoms with E-state index in [-0.39, 0.29) is 6.10 Å². The third-order valence-corrected chi connectivity index (χ3v) is 3.58. The number of nitrogens with zero attached hydrogens (tertiary/aromatic N) is 1. The van der Waals surface area contributed by atoms with Crippen LogP contribution < -0.4 is 15.4 Å². The predicted octanol–water partition coefficient (Wildman–Crippen LogP) is 3.83. The van der Waals surface area contributed by atoms with Gasteiger partial charge in [0.1, 0.15) is 5.75 Å². The van der Waals surface area contributed by atoms with Crippen molar-refractivity contribution in [2.45, 2.75) is 52.1 Å². The lowest BCUT2D eigenvalue weighted by molar-refractivity contribution is 0.244. The molecule has 2 N–H and O–H groups in total. The summed E-state index contributed by atoms with van der Waals surface area (Å²) in [6.45, 7) is 6.35. The van der Waals surface area contributed by atoms with Gasteiger partial charge in [0.15, 0.2) is 0 Å². The second-order valence-electron chi connectivity index (χ2n) is 5.64. The summed E-state index contributed by atoms with van der Waals surface area (Å²) in [5, 5.41) is 0. The molecule has 19 heavy (non-hydrogen) atoms. The van der Waals surface area contributed by atoms with E-state index in [1.165, 1.54) is 37.8 Å². The van der Waals surface area contributed by atoms with Crippen molar-refractivity contribution in [3.8, 4) is 5.75 Å². The Morgan fingerprint density at radius 2 is 1.68 bits per heavy atom. The van der Waals surface area contributed by atoms with Gasteiger partial charge in [-0.25, -0.2) is 0 Å². The summed E-state index contributed by atoms with van der Waals surface area (Å²) >= 11 is 0. The lowest BCUT2D eigenvalue weighted by Crippen LogP contribution is -2.27. The predicted molar refractivity (Wildman–Crippen MR) is 81.9 cm³/mol. The highest BCUT2D eigenvalue weighted by Gasteiger charge is 2.12. The third kappa shape index (κ3) is 4.05. The minimum atomic E-state index is 0.157. The van der Waals surface area contributed by atoms with Crippen molar-refractivity contribution in [1.29, 1.82) is 0 Å². The molecule has 106 valence electrons. The molecular weight excluding hydrogens is 236 g/mol. The molecule has 2 rings (SSSR count). The fourth-order valence-electron chi connectivity index (χ4n) is 2.58. The molecule has 0 radical (unpaired) electrons. The van der Waals surface area contributed by atoms with Gasteiger partial charge in [0.25, 0.3) is 0 Å². The SMILES string of the molecule is CC(C)Oc1cc(N2CCCCCCC2)ccc1N. The zero-order chi connectivity index (χ0) is 13.7. The highest BCUT2D eigenvalue weighted by atomic mass is 16.5. The first-order chi connectivity index (χ1) is 9.16. The molecule has 1 aromatic carbocycles. The van der Waals surface area contributed by atoms with Gasteiger partial charge in [-0.15, -0.1) is 0 Å². The molecule has 0 aromatic heterocycles. The zero-order valence-corrected chi connectivity index (χ0v) is 12.2. The number of benzene rings is 1. The second kappa shape index (κ2) is 6.69. The molecule has 1 aliphatic rings. The minimum Gasteiger partial charge on any atom is -0.489 e. The topological polar surface area (TPSA) is 38.5 Å². The van der Waals surface area contributed by atoms with Gasteiger partial charge in [-0.2, -0.15) is 0 Å². The summed E-state index contributed by atoms with van der Waals surface area (Å²) in [5.41, 5.74) is 7.95. The van der Waals surface area contributed by atoms with Crippen LogP contribution >= 0.6 is 0 Å². The van der Waals surface area contributed by atoms with Crippen LogP contribution in [-0.2, 0) is 0 Å². The fraction of sp³-hybridized carbons (Fsp3) is 0.625. The van der Waals surface area contributed by atoms with Crippen molar-refractivity contribution >= 4 is 11.4 Å². The number of nitrogens with two attached hydrogens (primary N) is 1. The van der Waals surface area contributed by atoms with Crippen LogP contribution in [0.1, 0.15) is 46.0 Å². The lowest BCUT2D eigenvalue weighted by Gasteiger charge is -2.27. The van der Waals surface area contributed by atoms with E-state index in [4.69, 9.17) is 10.5 Å². The van der Waals surface area contributed by atoms with Crippen molar-refractivity contribution in [1.82, 2.24) is 0 Å². The van der Waals surface area contributed by atoms with Gasteiger partial charge in [0.2, 0.25) is 0 Å². The van der Waals surface area contributed by atoms with Gasteiger partial charge in [-0.1, -0.05) is 19.3 Å². The number of ether oxygens (including phenoxy) is 1. The molecular formula is C16H26N2O. The van der Waals surface area contributed by atoms with Crippen molar-refractivity contribution in [3.05, 3.63) is 18.2 Å². The summed E-state index contributed by atoms with van der Waals surface area (Å²) in [7, 11) is 0. The molecule has 0 aliphatic carbocycles. The van der Waals surface area contributed by atoms with Crippen molar-refractivity contribution in [3.63, 3.8) is 0 Å². The van der Waals surface area contributed by atoms with E-state index in [1.54, 1.807) is 0 Å². The summed E-state index contributed by atoms with van der Waals surface area (Å²) in [4.78, 5) is 2.46. The highest BCUT2D eigenvalue weighted by molar-refractivity contribution is 5.62. The summed E-state index contributed by atoms with van der Waals surface area (Å²) in [6.07, 6.45) is 6.80. The van der Waals surface area contributed by atoms with E-state index in [0.717, 1.165) is 24.5 Å². The number of hydrogen-bond acceptors (Lipinski definition) is 3. The first kappa shape index (κ1) is 14.0. The van der Waals surface area contributed by atoms with Gasteiger partial charge in [-0.3, -0.25) is 0 Å². The maximum absolute atomic E-state index is 5.98. The van der Waals surface area contributed by atoms with E-state index < -0.39 is 0 Å². The standard InChI is InChI=1S/C16H26N2O/c1-13(2)19-16-12-14(8-9-15(16)17)18-10-6-4-3-5-7-11-18/h8-9,12-13H,3-7,10-11,17H2,1-2H3. The Morgan fingerprint density at radius 1 is 1.05 bits per heavy atom. The molecule has 1 saturated heterocycles. The molecule has 0 saturated carbocycles. The fourth-order valence-corrected chi connectivity index (χ4v) is 2.58. The quantitative estimate of drug-likeness (QED) is 0.841. The lowest BCUT2D eigenvalue weighted by atomic mass is 10.1.